The lowest BCUT2D eigenvalue weighted by atomic mass is 9.48. The molecule has 8 heteroatoms. The van der Waals surface area contributed by atoms with E-state index in [1.165, 1.54) is 31.4 Å². The highest BCUT2D eigenvalue weighted by molar-refractivity contribution is 7.38. The molecular formula is C30H35FNO5P. The van der Waals surface area contributed by atoms with Crippen molar-refractivity contribution in [1.82, 2.24) is 4.98 Å². The molecule has 3 atom stereocenters. The maximum Gasteiger partial charge on any atom is 0.322 e. The van der Waals surface area contributed by atoms with Crippen LogP contribution in [0.4, 0.5) is 4.39 Å². The average molecular weight is 540 g/mol. The van der Waals surface area contributed by atoms with Gasteiger partial charge >= 0.3 is 5.97 Å². The number of carbonyl (C=O) groups is 1. The highest BCUT2D eigenvalue weighted by atomic mass is 31.1. The van der Waals surface area contributed by atoms with E-state index in [2.05, 4.69) is 4.74 Å². The van der Waals surface area contributed by atoms with Gasteiger partial charge in [-0.1, -0.05) is 32.4 Å². The van der Waals surface area contributed by atoms with Crippen LogP contribution >= 0.6 is 8.03 Å². The van der Waals surface area contributed by atoms with Crippen LogP contribution in [-0.2, 0) is 19.5 Å². The number of ether oxygens (including phenoxy) is 1. The summed E-state index contributed by atoms with van der Waals surface area (Å²) in [7, 11) is -3.41. The van der Waals surface area contributed by atoms with Gasteiger partial charge in [-0.3, -0.25) is 14.3 Å². The Morgan fingerprint density at radius 1 is 1.18 bits per heavy atom. The van der Waals surface area contributed by atoms with E-state index in [0.717, 1.165) is 25.0 Å². The Labute approximate surface area is 223 Å². The van der Waals surface area contributed by atoms with Crippen LogP contribution in [0.15, 0.2) is 30.3 Å². The van der Waals surface area contributed by atoms with Gasteiger partial charge in [-0.2, -0.15) is 0 Å². The first-order chi connectivity index (χ1) is 18.1. The van der Waals surface area contributed by atoms with Gasteiger partial charge in [-0.15, -0.1) is 0 Å². The van der Waals surface area contributed by atoms with Crippen LogP contribution in [0, 0.1) is 36.1 Å². The fraction of sp³-hybridized carbons (Fsp3) is 0.533. The minimum atomic E-state index is -3.41. The molecule has 4 aliphatic carbocycles. The van der Waals surface area contributed by atoms with Gasteiger partial charge < -0.3 is 14.7 Å². The van der Waals surface area contributed by atoms with Crippen molar-refractivity contribution in [3.05, 3.63) is 53.1 Å². The first-order valence-corrected chi connectivity index (χ1v) is 14.9. The van der Waals surface area contributed by atoms with E-state index in [4.69, 9.17) is 11.4 Å². The Morgan fingerprint density at radius 3 is 2.26 bits per heavy atom. The number of halogens is 1. The molecule has 4 bridgehead atoms. The standard InChI is InChI=1S/C30H35FNO5P/c1-4-37-26(34)13-24(33)29(38(35)36)27-23(21-5-7-22(31)8-6-21)12-25(32-28(27)17(2)3)30-14-18-9-19(15-30)11-20(10-18)16-30/h1,5-8,12,17-20,24,29,33,38H,9-11,13-16H2,2-3H3,(H,35,36). The second-order valence-electron chi connectivity index (χ2n) is 11.9. The summed E-state index contributed by atoms with van der Waals surface area (Å²) >= 11 is 0. The lowest BCUT2D eigenvalue weighted by molar-refractivity contribution is -0.139. The van der Waals surface area contributed by atoms with E-state index in [9.17, 15) is 23.7 Å². The van der Waals surface area contributed by atoms with Gasteiger partial charge in [0.1, 0.15) is 11.9 Å². The van der Waals surface area contributed by atoms with Crippen LogP contribution in [0.25, 0.3) is 11.1 Å². The lowest BCUT2D eigenvalue weighted by Crippen LogP contribution is -2.49. The Bertz CT molecular complexity index is 1250. The summed E-state index contributed by atoms with van der Waals surface area (Å²) in [5.74, 6) is 0.715. The number of aliphatic hydroxyl groups excluding tert-OH is 1. The minimum absolute atomic E-state index is 0.0408. The van der Waals surface area contributed by atoms with Crippen LogP contribution < -0.4 is 0 Å². The molecule has 6 rings (SSSR count). The molecule has 0 aliphatic heterocycles. The molecule has 2 N–H and O–H groups in total. The van der Waals surface area contributed by atoms with Crippen molar-refractivity contribution >= 4 is 14.0 Å². The number of nitrogens with zero attached hydrogens (tertiary/aromatic N) is 1. The van der Waals surface area contributed by atoms with Gasteiger partial charge in [0.15, 0.2) is 8.03 Å². The smallest absolute Gasteiger partial charge is 0.322 e. The first kappa shape index (κ1) is 27.1. The number of aromatic nitrogens is 1. The number of hydrogen-bond acceptors (Lipinski definition) is 5. The molecule has 0 radical (unpaired) electrons. The van der Waals surface area contributed by atoms with Gasteiger partial charge in [0.05, 0.1) is 18.2 Å². The second kappa shape index (κ2) is 10.6. The summed E-state index contributed by atoms with van der Waals surface area (Å²) in [6, 6.07) is 8.01. The summed E-state index contributed by atoms with van der Waals surface area (Å²) < 4.78 is 31.3. The third-order valence-electron chi connectivity index (χ3n) is 8.88. The molecular weight excluding hydrogens is 504 g/mol. The van der Waals surface area contributed by atoms with E-state index >= 15 is 0 Å². The van der Waals surface area contributed by atoms with Crippen molar-refractivity contribution in [3.63, 3.8) is 0 Å². The molecule has 3 unspecified atom stereocenters. The molecule has 0 spiro atoms. The van der Waals surface area contributed by atoms with Crippen molar-refractivity contribution in [2.24, 2.45) is 17.8 Å². The normalized spacial score (nSPS) is 28.1. The number of rotatable bonds is 8. The van der Waals surface area contributed by atoms with Crippen molar-refractivity contribution in [2.75, 3.05) is 0 Å². The number of aliphatic hydroxyl groups is 1. The van der Waals surface area contributed by atoms with Crippen molar-refractivity contribution in [3.8, 4) is 23.7 Å². The molecule has 2 aromatic rings. The van der Waals surface area contributed by atoms with Crippen LogP contribution in [0.1, 0.15) is 87.3 Å². The summed E-state index contributed by atoms with van der Waals surface area (Å²) in [5, 5.41) is 11.1. The van der Waals surface area contributed by atoms with Gasteiger partial charge in [0, 0.05) is 16.8 Å². The Morgan fingerprint density at radius 2 is 1.76 bits per heavy atom. The fourth-order valence-corrected chi connectivity index (χ4v) is 8.78. The molecule has 1 aromatic heterocycles. The van der Waals surface area contributed by atoms with Gasteiger partial charge in [-0.25, -0.2) is 4.39 Å². The van der Waals surface area contributed by atoms with Gasteiger partial charge in [0.2, 0.25) is 0 Å². The maximum absolute atomic E-state index is 13.9. The summed E-state index contributed by atoms with van der Waals surface area (Å²) in [6.07, 6.45) is 11.9. The highest BCUT2D eigenvalue weighted by Gasteiger charge is 2.52. The van der Waals surface area contributed by atoms with Gasteiger partial charge in [-0.05, 0) is 97.1 Å². The average Bonchev–Trinajstić information content (AvgIpc) is 2.83. The summed E-state index contributed by atoms with van der Waals surface area (Å²) in [5.41, 5.74) is 2.04. The third kappa shape index (κ3) is 5.07. The van der Waals surface area contributed by atoms with Crippen LogP contribution in [-0.4, -0.2) is 27.1 Å². The zero-order chi connectivity index (χ0) is 27.2. The zero-order valence-electron chi connectivity index (χ0n) is 21.8. The second-order valence-corrected chi connectivity index (χ2v) is 13.2. The Kier molecular flexibility index (Phi) is 7.52. The highest BCUT2D eigenvalue weighted by Crippen LogP contribution is 2.61. The lowest BCUT2D eigenvalue weighted by Gasteiger charge is -2.56. The van der Waals surface area contributed by atoms with Crippen LogP contribution in [0.3, 0.4) is 0 Å². The number of carbonyl (C=O) groups excluding carboxylic acids is 1. The van der Waals surface area contributed by atoms with Crippen molar-refractivity contribution in [2.45, 2.75) is 81.9 Å². The Hall–Kier alpha value is -2.52. The molecule has 38 heavy (non-hydrogen) atoms. The topological polar surface area (TPSA) is 96.7 Å². The number of benzene rings is 1. The molecule has 4 aliphatic rings. The molecule has 6 nitrogen and oxygen atoms in total. The number of esters is 1. The predicted octanol–water partition coefficient (Wildman–Crippen LogP) is 5.87. The largest absolute Gasteiger partial charge is 0.391 e. The van der Waals surface area contributed by atoms with E-state index < -0.39 is 32.2 Å². The molecule has 202 valence electrons. The zero-order valence-corrected chi connectivity index (χ0v) is 22.8. The molecule has 4 fully saturated rings. The summed E-state index contributed by atoms with van der Waals surface area (Å²) in [6.45, 7) is 3.93. The van der Waals surface area contributed by atoms with E-state index in [0.29, 0.717) is 40.1 Å². The fourth-order valence-electron chi connectivity index (χ4n) is 7.78. The van der Waals surface area contributed by atoms with Crippen LogP contribution in [0.5, 0.6) is 0 Å². The monoisotopic (exact) mass is 539 g/mol. The minimum Gasteiger partial charge on any atom is -0.391 e. The SMILES string of the molecule is C#COC(=O)CC(O)C(c1c(-c2ccc(F)cc2)cc(C23CC4CC(CC(C4)C2)C3)nc1C(C)C)[PH](=O)O. The van der Waals surface area contributed by atoms with Gasteiger partial charge in [0.25, 0.3) is 0 Å². The van der Waals surface area contributed by atoms with E-state index in [1.807, 2.05) is 19.9 Å². The van der Waals surface area contributed by atoms with E-state index in [1.54, 1.807) is 18.2 Å². The molecule has 1 aromatic carbocycles. The van der Waals surface area contributed by atoms with Crippen LogP contribution in [0.2, 0.25) is 0 Å². The van der Waals surface area contributed by atoms with E-state index in [-0.39, 0.29) is 17.2 Å². The summed E-state index contributed by atoms with van der Waals surface area (Å²) in [4.78, 5) is 27.8. The predicted molar refractivity (Wildman–Crippen MR) is 143 cm³/mol. The number of terminal acetylenes is 1. The Balaban J connectivity index is 1.70. The number of pyridine rings is 1. The molecule has 1 heterocycles. The number of hydrogen-bond donors (Lipinski definition) is 2. The first-order valence-electron chi connectivity index (χ1n) is 13.5. The molecule has 0 saturated heterocycles. The van der Waals surface area contributed by atoms with Crippen molar-refractivity contribution < 1.29 is 28.5 Å². The maximum atomic E-state index is 13.9. The quantitative estimate of drug-likeness (QED) is 0.247. The molecule has 4 saturated carbocycles. The van der Waals surface area contributed by atoms with Crippen molar-refractivity contribution in [1.29, 1.82) is 0 Å². The molecule has 0 amide bonds. The third-order valence-corrected chi connectivity index (χ3v) is 10.1.